The Balaban J connectivity index is 2.32. The van der Waals surface area contributed by atoms with Gasteiger partial charge in [0.1, 0.15) is 11.2 Å². The summed E-state index contributed by atoms with van der Waals surface area (Å²) in [5, 5.41) is 7.06. The number of nitrogens with one attached hydrogen (secondary N) is 1. The molecule has 2 heterocycles. The number of piperazine rings is 1. The molecule has 0 aromatic carbocycles. The minimum atomic E-state index is -0.827. The number of aromatic nitrogens is 2. The van der Waals surface area contributed by atoms with Gasteiger partial charge in [0, 0.05) is 20.1 Å². The van der Waals surface area contributed by atoms with Crippen LogP contribution in [0, 0.1) is 0 Å². The molecule has 104 valence electrons. The molecule has 2 rings (SSSR count). The smallest absolute Gasteiger partial charge is 0.273 e. The maximum absolute atomic E-state index is 12.6. The van der Waals surface area contributed by atoms with Crippen molar-refractivity contribution in [3.63, 3.8) is 0 Å². The molecule has 0 spiro atoms. The van der Waals surface area contributed by atoms with E-state index < -0.39 is 5.54 Å². The summed E-state index contributed by atoms with van der Waals surface area (Å²) in [5.41, 5.74) is 0.580. The highest BCUT2D eigenvalue weighted by molar-refractivity contribution is 5.98. The third-order valence-corrected chi connectivity index (χ3v) is 3.61. The van der Waals surface area contributed by atoms with Crippen LogP contribution in [0.1, 0.15) is 37.0 Å². The van der Waals surface area contributed by atoms with Crippen LogP contribution in [0.3, 0.4) is 0 Å². The lowest BCUT2D eigenvalue weighted by atomic mass is 9.98. The maximum Gasteiger partial charge on any atom is 0.273 e. The van der Waals surface area contributed by atoms with E-state index >= 15 is 0 Å². The molecule has 1 aliphatic heterocycles. The zero-order valence-electron chi connectivity index (χ0n) is 11.9. The van der Waals surface area contributed by atoms with Gasteiger partial charge in [0.15, 0.2) is 0 Å². The average molecular weight is 264 g/mol. The van der Waals surface area contributed by atoms with Gasteiger partial charge in [-0.05, 0) is 26.3 Å². The SMILES string of the molecule is CCc1cc(C(=O)N2CCNC(=O)C2(C)C)n(C)n1. The first-order valence-electron chi connectivity index (χ1n) is 6.51. The fraction of sp³-hybridized carbons (Fsp3) is 0.615. The minimum absolute atomic E-state index is 0.120. The molecule has 0 aliphatic carbocycles. The Labute approximate surface area is 112 Å². The van der Waals surface area contributed by atoms with E-state index in [1.807, 2.05) is 6.92 Å². The van der Waals surface area contributed by atoms with E-state index in [2.05, 4.69) is 10.4 Å². The standard InChI is InChI=1S/C13H20N4O2/c1-5-9-8-10(16(4)15-9)11(18)17-7-6-14-12(19)13(17,2)3/h8H,5-7H2,1-4H3,(H,14,19). The Morgan fingerprint density at radius 3 is 2.79 bits per heavy atom. The van der Waals surface area contributed by atoms with Gasteiger partial charge in [0.25, 0.3) is 5.91 Å². The lowest BCUT2D eigenvalue weighted by molar-refractivity contribution is -0.133. The number of amides is 2. The van der Waals surface area contributed by atoms with Gasteiger partial charge in [-0.1, -0.05) is 6.92 Å². The summed E-state index contributed by atoms with van der Waals surface area (Å²) in [4.78, 5) is 26.1. The van der Waals surface area contributed by atoms with E-state index in [-0.39, 0.29) is 11.8 Å². The van der Waals surface area contributed by atoms with Crippen LogP contribution in [0.25, 0.3) is 0 Å². The zero-order valence-corrected chi connectivity index (χ0v) is 11.9. The van der Waals surface area contributed by atoms with Gasteiger partial charge in [-0.25, -0.2) is 0 Å². The fourth-order valence-electron chi connectivity index (χ4n) is 2.29. The molecule has 1 N–H and O–H groups in total. The van der Waals surface area contributed by atoms with E-state index in [9.17, 15) is 9.59 Å². The lowest BCUT2D eigenvalue weighted by Crippen LogP contribution is -2.63. The topological polar surface area (TPSA) is 67.2 Å². The number of carbonyl (C=O) groups excluding carboxylic acids is 2. The van der Waals surface area contributed by atoms with Crippen LogP contribution in [0.15, 0.2) is 6.07 Å². The first-order valence-corrected chi connectivity index (χ1v) is 6.51. The number of carbonyl (C=O) groups is 2. The van der Waals surface area contributed by atoms with Crippen molar-refractivity contribution in [2.24, 2.45) is 7.05 Å². The van der Waals surface area contributed by atoms with Crippen molar-refractivity contribution in [1.82, 2.24) is 20.0 Å². The van der Waals surface area contributed by atoms with Gasteiger partial charge < -0.3 is 10.2 Å². The van der Waals surface area contributed by atoms with Crippen molar-refractivity contribution >= 4 is 11.8 Å². The average Bonchev–Trinajstić information content (AvgIpc) is 2.73. The molecule has 0 unspecified atom stereocenters. The van der Waals surface area contributed by atoms with Crippen molar-refractivity contribution in [2.45, 2.75) is 32.7 Å². The summed E-state index contributed by atoms with van der Waals surface area (Å²) in [7, 11) is 1.75. The first kappa shape index (κ1) is 13.6. The minimum Gasteiger partial charge on any atom is -0.352 e. The van der Waals surface area contributed by atoms with Crippen LogP contribution in [-0.2, 0) is 18.3 Å². The quantitative estimate of drug-likeness (QED) is 0.837. The first-order chi connectivity index (χ1) is 8.87. The van der Waals surface area contributed by atoms with Crippen molar-refractivity contribution in [3.8, 4) is 0 Å². The number of nitrogens with zero attached hydrogens (tertiary/aromatic N) is 3. The lowest BCUT2D eigenvalue weighted by Gasteiger charge is -2.41. The van der Waals surface area contributed by atoms with Crippen LogP contribution in [0.2, 0.25) is 0 Å². The largest absolute Gasteiger partial charge is 0.352 e. The number of aryl methyl sites for hydroxylation is 2. The number of rotatable bonds is 2. The van der Waals surface area contributed by atoms with Crippen LogP contribution < -0.4 is 5.32 Å². The molecule has 6 heteroatoms. The molecule has 0 radical (unpaired) electrons. The van der Waals surface area contributed by atoms with Gasteiger partial charge in [0.05, 0.1) is 5.69 Å². The van der Waals surface area contributed by atoms with Gasteiger partial charge in [-0.2, -0.15) is 5.10 Å². The van der Waals surface area contributed by atoms with Gasteiger partial charge >= 0.3 is 0 Å². The molecule has 1 fully saturated rings. The van der Waals surface area contributed by atoms with E-state index in [4.69, 9.17) is 0 Å². The molecular weight excluding hydrogens is 244 g/mol. The summed E-state index contributed by atoms with van der Waals surface area (Å²) in [6, 6.07) is 1.80. The van der Waals surface area contributed by atoms with Crippen LogP contribution in [0.5, 0.6) is 0 Å². The van der Waals surface area contributed by atoms with Crippen LogP contribution in [-0.4, -0.2) is 45.1 Å². The van der Waals surface area contributed by atoms with Crippen molar-refractivity contribution < 1.29 is 9.59 Å². The summed E-state index contributed by atoms with van der Waals surface area (Å²) in [6.07, 6.45) is 0.783. The molecule has 6 nitrogen and oxygen atoms in total. The normalized spacial score (nSPS) is 18.3. The van der Waals surface area contributed by atoms with Gasteiger partial charge in [0.2, 0.25) is 5.91 Å². The van der Waals surface area contributed by atoms with Crippen LogP contribution in [0.4, 0.5) is 0 Å². The van der Waals surface area contributed by atoms with E-state index in [1.54, 1.807) is 36.5 Å². The summed E-state index contributed by atoms with van der Waals surface area (Å²) >= 11 is 0. The highest BCUT2D eigenvalue weighted by Gasteiger charge is 2.41. The second kappa shape index (κ2) is 4.68. The highest BCUT2D eigenvalue weighted by atomic mass is 16.2. The van der Waals surface area contributed by atoms with Crippen molar-refractivity contribution in [2.75, 3.05) is 13.1 Å². The summed E-state index contributed by atoms with van der Waals surface area (Å²) in [6.45, 7) is 6.53. The molecule has 1 aliphatic rings. The predicted octanol–water partition coefficient (Wildman–Crippen LogP) is 0.333. The fourth-order valence-corrected chi connectivity index (χ4v) is 2.29. The molecule has 1 saturated heterocycles. The predicted molar refractivity (Wildman–Crippen MR) is 70.7 cm³/mol. The van der Waals surface area contributed by atoms with Gasteiger partial charge in [-0.3, -0.25) is 14.3 Å². The maximum atomic E-state index is 12.6. The molecule has 19 heavy (non-hydrogen) atoms. The Kier molecular flexibility index (Phi) is 3.34. The molecule has 2 amide bonds. The van der Waals surface area contributed by atoms with Crippen molar-refractivity contribution in [1.29, 1.82) is 0 Å². The molecule has 0 atom stereocenters. The molecule has 1 aromatic heterocycles. The van der Waals surface area contributed by atoms with E-state index in [1.165, 1.54) is 0 Å². The second-order valence-corrected chi connectivity index (χ2v) is 5.27. The van der Waals surface area contributed by atoms with E-state index in [0.29, 0.717) is 18.8 Å². The third kappa shape index (κ3) is 2.22. The molecule has 1 aromatic rings. The van der Waals surface area contributed by atoms with Crippen LogP contribution >= 0.6 is 0 Å². The Hall–Kier alpha value is -1.85. The Morgan fingerprint density at radius 1 is 1.53 bits per heavy atom. The second-order valence-electron chi connectivity index (χ2n) is 5.27. The monoisotopic (exact) mass is 264 g/mol. The number of hydrogen-bond acceptors (Lipinski definition) is 3. The molecule has 0 bridgehead atoms. The zero-order chi connectivity index (χ0) is 14.2. The third-order valence-electron chi connectivity index (χ3n) is 3.61. The van der Waals surface area contributed by atoms with Crippen molar-refractivity contribution in [3.05, 3.63) is 17.5 Å². The highest BCUT2D eigenvalue weighted by Crippen LogP contribution is 2.20. The Bertz CT molecular complexity index is 519. The number of hydrogen-bond donors (Lipinski definition) is 1. The van der Waals surface area contributed by atoms with E-state index in [0.717, 1.165) is 12.1 Å². The summed E-state index contributed by atoms with van der Waals surface area (Å²) < 4.78 is 1.59. The Morgan fingerprint density at radius 2 is 2.21 bits per heavy atom. The summed E-state index contributed by atoms with van der Waals surface area (Å²) in [5.74, 6) is -0.264. The van der Waals surface area contributed by atoms with Gasteiger partial charge in [-0.15, -0.1) is 0 Å². The molecular formula is C13H20N4O2. The molecule has 0 saturated carbocycles.